The van der Waals surface area contributed by atoms with Crippen LogP contribution in [0.25, 0.3) is 11.3 Å². The molecule has 5 nitrogen and oxygen atoms in total. The highest BCUT2D eigenvalue weighted by Crippen LogP contribution is 2.26. The molecule has 6 heteroatoms. The van der Waals surface area contributed by atoms with Crippen molar-refractivity contribution < 1.29 is 4.39 Å². The van der Waals surface area contributed by atoms with Crippen molar-refractivity contribution in [3.05, 3.63) is 60.2 Å². The van der Waals surface area contributed by atoms with Gasteiger partial charge in [0.05, 0.1) is 5.69 Å². The zero-order valence-electron chi connectivity index (χ0n) is 15.3. The van der Waals surface area contributed by atoms with Crippen LogP contribution in [-0.2, 0) is 0 Å². The van der Waals surface area contributed by atoms with Gasteiger partial charge in [0, 0.05) is 40.8 Å². The number of aromatic nitrogens is 3. The van der Waals surface area contributed by atoms with Gasteiger partial charge < -0.3 is 10.6 Å². The van der Waals surface area contributed by atoms with Crippen LogP contribution in [0.15, 0.2) is 48.8 Å². The summed E-state index contributed by atoms with van der Waals surface area (Å²) >= 11 is 0. The van der Waals surface area contributed by atoms with Crippen molar-refractivity contribution in [2.45, 2.75) is 33.2 Å². The fourth-order valence-corrected chi connectivity index (χ4v) is 2.45. The molecule has 0 aliphatic carbocycles. The van der Waals surface area contributed by atoms with Gasteiger partial charge in [-0.05, 0) is 52.0 Å². The summed E-state index contributed by atoms with van der Waals surface area (Å²) in [5.41, 5.74) is 2.71. The Morgan fingerprint density at radius 3 is 2.42 bits per heavy atom. The molecule has 1 aromatic carbocycles. The Labute approximate surface area is 152 Å². The highest BCUT2D eigenvalue weighted by atomic mass is 19.1. The summed E-state index contributed by atoms with van der Waals surface area (Å²) in [4.78, 5) is 13.2. The summed E-state index contributed by atoms with van der Waals surface area (Å²) in [5.74, 6) is 0.835. The van der Waals surface area contributed by atoms with E-state index in [0.717, 1.165) is 11.3 Å². The molecule has 0 saturated heterocycles. The van der Waals surface area contributed by atoms with Crippen LogP contribution in [-0.4, -0.2) is 20.5 Å². The smallest absolute Gasteiger partial charge is 0.225 e. The second kappa shape index (κ2) is 7.07. The van der Waals surface area contributed by atoms with Crippen LogP contribution in [0.2, 0.25) is 0 Å². The maximum atomic E-state index is 13.8. The van der Waals surface area contributed by atoms with Crippen LogP contribution < -0.4 is 10.6 Å². The average Bonchev–Trinajstić information content (AvgIpc) is 2.58. The molecule has 3 aromatic rings. The molecule has 0 aliphatic rings. The number of benzene rings is 1. The summed E-state index contributed by atoms with van der Waals surface area (Å²) in [6.07, 6.45) is 3.44. The minimum absolute atomic E-state index is 0.192. The van der Waals surface area contributed by atoms with Crippen LogP contribution in [0, 0.1) is 12.7 Å². The third-order valence-corrected chi connectivity index (χ3v) is 3.72. The first-order valence-corrected chi connectivity index (χ1v) is 8.42. The number of hydrogen-bond acceptors (Lipinski definition) is 5. The Hall–Kier alpha value is -3.02. The third-order valence-electron chi connectivity index (χ3n) is 3.72. The number of halogens is 1. The van der Waals surface area contributed by atoms with E-state index in [4.69, 9.17) is 0 Å². The molecular formula is C20H22FN5. The molecule has 2 aromatic heterocycles. The summed E-state index contributed by atoms with van der Waals surface area (Å²) in [7, 11) is 0. The van der Waals surface area contributed by atoms with Crippen LogP contribution in [0.3, 0.4) is 0 Å². The predicted molar refractivity (Wildman–Crippen MR) is 103 cm³/mol. The summed E-state index contributed by atoms with van der Waals surface area (Å²) < 4.78 is 13.8. The van der Waals surface area contributed by atoms with E-state index in [-0.39, 0.29) is 11.4 Å². The SMILES string of the molecule is Cc1c(F)cccc1Nc1cc(-c2ccncc2)nc(NC(C)(C)C)n1. The number of nitrogens with zero attached hydrogens (tertiary/aromatic N) is 3. The Morgan fingerprint density at radius 2 is 1.73 bits per heavy atom. The van der Waals surface area contributed by atoms with Crippen molar-refractivity contribution in [3.63, 3.8) is 0 Å². The van der Waals surface area contributed by atoms with Crippen LogP contribution in [0.4, 0.5) is 21.8 Å². The molecule has 0 amide bonds. The predicted octanol–water partition coefficient (Wildman–Crippen LogP) is 4.94. The van der Waals surface area contributed by atoms with Gasteiger partial charge in [-0.1, -0.05) is 6.07 Å². The average molecular weight is 351 g/mol. The van der Waals surface area contributed by atoms with Gasteiger partial charge in [0.25, 0.3) is 0 Å². The lowest BCUT2D eigenvalue weighted by Gasteiger charge is -2.21. The molecule has 0 unspecified atom stereocenters. The van der Waals surface area contributed by atoms with Gasteiger partial charge in [-0.15, -0.1) is 0 Å². The first-order chi connectivity index (χ1) is 12.3. The highest BCUT2D eigenvalue weighted by Gasteiger charge is 2.14. The number of pyridine rings is 1. The zero-order chi connectivity index (χ0) is 18.7. The molecule has 0 bridgehead atoms. The minimum Gasteiger partial charge on any atom is -0.350 e. The van der Waals surface area contributed by atoms with Gasteiger partial charge in [-0.25, -0.2) is 9.37 Å². The van der Waals surface area contributed by atoms with Gasteiger partial charge in [0.1, 0.15) is 11.6 Å². The van der Waals surface area contributed by atoms with Crippen molar-refractivity contribution in [1.29, 1.82) is 0 Å². The van der Waals surface area contributed by atoms with E-state index in [2.05, 4.69) is 25.6 Å². The quantitative estimate of drug-likeness (QED) is 0.697. The van der Waals surface area contributed by atoms with Crippen LogP contribution >= 0.6 is 0 Å². The summed E-state index contributed by atoms with van der Waals surface area (Å²) in [6, 6.07) is 10.6. The van der Waals surface area contributed by atoms with Crippen molar-refractivity contribution in [2.24, 2.45) is 0 Å². The van der Waals surface area contributed by atoms with Crippen LogP contribution in [0.5, 0.6) is 0 Å². The largest absolute Gasteiger partial charge is 0.350 e. The number of hydrogen-bond donors (Lipinski definition) is 2. The third kappa shape index (κ3) is 4.33. The topological polar surface area (TPSA) is 62.7 Å². The zero-order valence-corrected chi connectivity index (χ0v) is 15.3. The molecule has 134 valence electrons. The molecule has 0 fully saturated rings. The van der Waals surface area contributed by atoms with Crippen molar-refractivity contribution in [2.75, 3.05) is 10.6 Å². The van der Waals surface area contributed by atoms with E-state index in [1.807, 2.05) is 45.0 Å². The fourth-order valence-electron chi connectivity index (χ4n) is 2.45. The van der Waals surface area contributed by atoms with Gasteiger partial charge in [-0.3, -0.25) is 4.98 Å². The van der Waals surface area contributed by atoms with Crippen LogP contribution in [0.1, 0.15) is 26.3 Å². The highest BCUT2D eigenvalue weighted by molar-refractivity contribution is 5.68. The number of anilines is 3. The monoisotopic (exact) mass is 351 g/mol. The Kier molecular flexibility index (Phi) is 4.84. The maximum Gasteiger partial charge on any atom is 0.225 e. The molecule has 2 heterocycles. The lowest BCUT2D eigenvalue weighted by molar-refractivity contribution is 0.619. The summed E-state index contributed by atoms with van der Waals surface area (Å²) in [6.45, 7) is 7.86. The van der Waals surface area contributed by atoms with Crippen molar-refractivity contribution in [3.8, 4) is 11.3 Å². The van der Waals surface area contributed by atoms with Gasteiger partial charge >= 0.3 is 0 Å². The lowest BCUT2D eigenvalue weighted by Crippen LogP contribution is -2.27. The Bertz CT molecular complexity index is 904. The van der Waals surface area contributed by atoms with E-state index in [1.165, 1.54) is 6.07 Å². The van der Waals surface area contributed by atoms with E-state index in [1.54, 1.807) is 25.4 Å². The number of nitrogens with one attached hydrogen (secondary N) is 2. The summed E-state index contributed by atoms with van der Waals surface area (Å²) in [5, 5.41) is 6.49. The first-order valence-electron chi connectivity index (χ1n) is 8.42. The lowest BCUT2D eigenvalue weighted by atomic mass is 10.1. The fraction of sp³-hybridized carbons (Fsp3) is 0.250. The van der Waals surface area contributed by atoms with Crippen molar-refractivity contribution >= 4 is 17.5 Å². The normalized spacial score (nSPS) is 11.3. The van der Waals surface area contributed by atoms with E-state index < -0.39 is 0 Å². The Morgan fingerprint density at radius 1 is 1.00 bits per heavy atom. The number of rotatable bonds is 4. The second-order valence-electron chi connectivity index (χ2n) is 7.11. The standard InChI is InChI=1S/C20H22FN5/c1-13-15(21)6-5-7-16(13)23-18-12-17(14-8-10-22-11-9-14)24-19(25-18)26-20(2,3)4/h5-12H,1-4H3,(H2,23,24,25,26). The molecule has 0 radical (unpaired) electrons. The van der Waals surface area contributed by atoms with E-state index in [0.29, 0.717) is 23.0 Å². The Balaban J connectivity index is 2.03. The molecular weight excluding hydrogens is 329 g/mol. The maximum absolute atomic E-state index is 13.8. The van der Waals surface area contributed by atoms with Gasteiger partial charge in [0.2, 0.25) is 5.95 Å². The minimum atomic E-state index is -0.258. The molecule has 0 aliphatic heterocycles. The molecule has 0 saturated carbocycles. The first kappa shape index (κ1) is 17.8. The van der Waals surface area contributed by atoms with E-state index >= 15 is 0 Å². The van der Waals surface area contributed by atoms with Gasteiger partial charge in [-0.2, -0.15) is 4.98 Å². The van der Waals surface area contributed by atoms with Crippen molar-refractivity contribution in [1.82, 2.24) is 15.0 Å². The van der Waals surface area contributed by atoms with E-state index in [9.17, 15) is 4.39 Å². The second-order valence-corrected chi connectivity index (χ2v) is 7.11. The molecule has 2 N–H and O–H groups in total. The molecule has 26 heavy (non-hydrogen) atoms. The molecule has 0 spiro atoms. The molecule has 0 atom stereocenters. The van der Waals surface area contributed by atoms with Gasteiger partial charge in [0.15, 0.2) is 0 Å². The molecule has 3 rings (SSSR count).